The highest BCUT2D eigenvalue weighted by molar-refractivity contribution is 5.75. The minimum atomic E-state index is -0.152. The van der Waals surface area contributed by atoms with E-state index in [1.165, 1.54) is 6.42 Å². The quantitative estimate of drug-likeness (QED) is 0.661. The summed E-state index contributed by atoms with van der Waals surface area (Å²) in [6.07, 6.45) is 5.51. The Labute approximate surface area is 104 Å². The zero-order valence-corrected chi connectivity index (χ0v) is 11.0. The average Bonchev–Trinajstić information content (AvgIpc) is 2.81. The van der Waals surface area contributed by atoms with Crippen LogP contribution in [0.15, 0.2) is 0 Å². The molecule has 1 N–H and O–H groups in total. The maximum atomic E-state index is 11.6. The lowest BCUT2D eigenvalue weighted by atomic mass is 10.1. The van der Waals surface area contributed by atoms with Crippen LogP contribution in [0.5, 0.6) is 0 Å². The Morgan fingerprint density at radius 2 is 2.35 bits per heavy atom. The predicted molar refractivity (Wildman–Crippen MR) is 66.9 cm³/mol. The van der Waals surface area contributed by atoms with Crippen LogP contribution in [0.4, 0.5) is 0 Å². The number of esters is 1. The van der Waals surface area contributed by atoms with Gasteiger partial charge in [0.1, 0.15) is 6.04 Å². The zero-order valence-electron chi connectivity index (χ0n) is 11.0. The minimum Gasteiger partial charge on any atom is -0.465 e. The molecule has 2 unspecified atom stereocenters. The molecule has 4 heteroatoms. The van der Waals surface area contributed by atoms with Gasteiger partial charge < -0.3 is 14.8 Å². The zero-order chi connectivity index (χ0) is 12.5. The van der Waals surface area contributed by atoms with E-state index in [1.54, 1.807) is 0 Å². The molecule has 1 rings (SSSR count). The largest absolute Gasteiger partial charge is 0.465 e. The number of hydrogen-bond donors (Lipinski definition) is 1. The van der Waals surface area contributed by atoms with E-state index in [4.69, 9.17) is 9.47 Å². The van der Waals surface area contributed by atoms with Gasteiger partial charge in [-0.15, -0.1) is 0 Å². The summed E-state index contributed by atoms with van der Waals surface area (Å²) >= 11 is 0. The van der Waals surface area contributed by atoms with E-state index in [0.717, 1.165) is 38.8 Å². The van der Waals surface area contributed by atoms with Crippen LogP contribution in [0, 0.1) is 0 Å². The average molecular weight is 243 g/mol. The SMILES string of the molecule is CCCC(NCCC1CCCO1)C(=O)OCC. The van der Waals surface area contributed by atoms with Crippen LogP contribution in [0.1, 0.15) is 46.0 Å². The fraction of sp³-hybridized carbons (Fsp3) is 0.923. The first-order chi connectivity index (χ1) is 8.27. The first-order valence-electron chi connectivity index (χ1n) is 6.79. The molecule has 100 valence electrons. The lowest BCUT2D eigenvalue weighted by Gasteiger charge is -2.17. The summed E-state index contributed by atoms with van der Waals surface area (Å²) in [6.45, 7) is 6.09. The number of carbonyl (C=O) groups excluding carboxylic acids is 1. The normalized spacial score (nSPS) is 21.4. The monoisotopic (exact) mass is 243 g/mol. The number of carbonyl (C=O) groups is 1. The molecule has 0 aromatic heterocycles. The number of hydrogen-bond acceptors (Lipinski definition) is 4. The predicted octanol–water partition coefficient (Wildman–Crippen LogP) is 1.88. The van der Waals surface area contributed by atoms with E-state index < -0.39 is 0 Å². The van der Waals surface area contributed by atoms with Crippen LogP contribution < -0.4 is 5.32 Å². The first kappa shape index (κ1) is 14.5. The van der Waals surface area contributed by atoms with Gasteiger partial charge in [0.25, 0.3) is 0 Å². The van der Waals surface area contributed by atoms with Crippen molar-refractivity contribution in [2.45, 2.75) is 58.1 Å². The smallest absolute Gasteiger partial charge is 0.323 e. The summed E-state index contributed by atoms with van der Waals surface area (Å²) in [5.74, 6) is -0.123. The third kappa shape index (κ3) is 5.50. The van der Waals surface area contributed by atoms with Gasteiger partial charge in [-0.3, -0.25) is 4.79 Å². The first-order valence-corrected chi connectivity index (χ1v) is 6.79. The fourth-order valence-corrected chi connectivity index (χ4v) is 2.13. The second kappa shape index (κ2) is 8.48. The Kier molecular flexibility index (Phi) is 7.21. The van der Waals surface area contributed by atoms with Crippen molar-refractivity contribution in [3.05, 3.63) is 0 Å². The Morgan fingerprint density at radius 3 is 2.94 bits per heavy atom. The Balaban J connectivity index is 2.20. The van der Waals surface area contributed by atoms with Crippen LogP contribution in [0.2, 0.25) is 0 Å². The van der Waals surface area contributed by atoms with Crippen molar-refractivity contribution >= 4 is 5.97 Å². The van der Waals surface area contributed by atoms with Crippen molar-refractivity contribution in [1.29, 1.82) is 0 Å². The van der Waals surface area contributed by atoms with E-state index in [2.05, 4.69) is 12.2 Å². The van der Waals surface area contributed by atoms with E-state index >= 15 is 0 Å². The summed E-state index contributed by atoms with van der Waals surface area (Å²) in [5.41, 5.74) is 0. The highest BCUT2D eigenvalue weighted by atomic mass is 16.5. The van der Waals surface area contributed by atoms with E-state index in [0.29, 0.717) is 12.7 Å². The van der Waals surface area contributed by atoms with E-state index in [-0.39, 0.29) is 12.0 Å². The van der Waals surface area contributed by atoms with E-state index in [1.807, 2.05) is 6.92 Å². The van der Waals surface area contributed by atoms with Crippen molar-refractivity contribution < 1.29 is 14.3 Å². The number of ether oxygens (including phenoxy) is 2. The molecule has 1 aliphatic rings. The van der Waals surface area contributed by atoms with Gasteiger partial charge in [-0.1, -0.05) is 13.3 Å². The van der Waals surface area contributed by atoms with Crippen LogP contribution in [-0.2, 0) is 14.3 Å². The van der Waals surface area contributed by atoms with Gasteiger partial charge in [0, 0.05) is 6.61 Å². The molecular weight excluding hydrogens is 218 g/mol. The highest BCUT2D eigenvalue weighted by Crippen LogP contribution is 2.14. The molecule has 0 bridgehead atoms. The van der Waals surface area contributed by atoms with Gasteiger partial charge in [0.2, 0.25) is 0 Å². The molecule has 1 fully saturated rings. The molecule has 0 spiro atoms. The van der Waals surface area contributed by atoms with Gasteiger partial charge in [0.15, 0.2) is 0 Å². The molecule has 0 aromatic carbocycles. The molecule has 0 aliphatic carbocycles. The minimum absolute atomic E-state index is 0.123. The molecule has 0 amide bonds. The summed E-state index contributed by atoms with van der Waals surface area (Å²) in [5, 5.41) is 3.28. The highest BCUT2D eigenvalue weighted by Gasteiger charge is 2.20. The van der Waals surface area contributed by atoms with Crippen molar-refractivity contribution in [1.82, 2.24) is 5.32 Å². The topological polar surface area (TPSA) is 47.6 Å². The summed E-state index contributed by atoms with van der Waals surface area (Å²) in [7, 11) is 0. The summed E-state index contributed by atoms with van der Waals surface area (Å²) < 4.78 is 10.6. The molecule has 1 heterocycles. The van der Waals surface area contributed by atoms with Crippen LogP contribution in [-0.4, -0.2) is 37.9 Å². The maximum absolute atomic E-state index is 11.6. The number of rotatable bonds is 8. The van der Waals surface area contributed by atoms with Crippen LogP contribution >= 0.6 is 0 Å². The molecule has 1 aliphatic heterocycles. The Morgan fingerprint density at radius 1 is 1.53 bits per heavy atom. The Bertz CT molecular complexity index is 215. The van der Waals surface area contributed by atoms with Crippen molar-refractivity contribution in [2.75, 3.05) is 19.8 Å². The molecule has 4 nitrogen and oxygen atoms in total. The second-order valence-corrected chi connectivity index (χ2v) is 4.47. The molecule has 17 heavy (non-hydrogen) atoms. The van der Waals surface area contributed by atoms with Crippen LogP contribution in [0.25, 0.3) is 0 Å². The molecular formula is C13H25NO3. The van der Waals surface area contributed by atoms with Crippen molar-refractivity contribution in [2.24, 2.45) is 0 Å². The van der Waals surface area contributed by atoms with Gasteiger partial charge >= 0.3 is 5.97 Å². The lowest BCUT2D eigenvalue weighted by molar-refractivity contribution is -0.145. The molecule has 1 saturated heterocycles. The third-order valence-electron chi connectivity index (χ3n) is 3.03. The maximum Gasteiger partial charge on any atom is 0.323 e. The van der Waals surface area contributed by atoms with Gasteiger partial charge in [-0.05, 0) is 39.2 Å². The molecule has 0 saturated carbocycles. The standard InChI is InChI=1S/C13H25NO3/c1-3-6-12(13(15)16-4-2)14-9-8-11-7-5-10-17-11/h11-12,14H,3-10H2,1-2H3. The van der Waals surface area contributed by atoms with E-state index in [9.17, 15) is 4.79 Å². The van der Waals surface area contributed by atoms with Crippen molar-refractivity contribution in [3.63, 3.8) is 0 Å². The molecule has 2 atom stereocenters. The number of nitrogens with one attached hydrogen (secondary N) is 1. The second-order valence-electron chi connectivity index (χ2n) is 4.47. The Hall–Kier alpha value is -0.610. The van der Waals surface area contributed by atoms with Gasteiger partial charge in [-0.2, -0.15) is 0 Å². The summed E-state index contributed by atoms with van der Waals surface area (Å²) in [6, 6.07) is -0.152. The fourth-order valence-electron chi connectivity index (χ4n) is 2.13. The summed E-state index contributed by atoms with van der Waals surface area (Å²) in [4.78, 5) is 11.6. The molecule has 0 radical (unpaired) electrons. The van der Waals surface area contributed by atoms with Gasteiger partial charge in [-0.25, -0.2) is 0 Å². The lowest BCUT2D eigenvalue weighted by Crippen LogP contribution is -2.39. The van der Waals surface area contributed by atoms with Gasteiger partial charge in [0.05, 0.1) is 12.7 Å². The van der Waals surface area contributed by atoms with Crippen LogP contribution in [0.3, 0.4) is 0 Å². The van der Waals surface area contributed by atoms with Crippen molar-refractivity contribution in [3.8, 4) is 0 Å². The molecule has 0 aromatic rings. The third-order valence-corrected chi connectivity index (χ3v) is 3.03.